The molecule has 0 aliphatic carbocycles. The molecule has 2 aromatic rings. The largest absolute Gasteiger partial charge is 0.298 e. The van der Waals surface area contributed by atoms with Crippen molar-refractivity contribution in [2.75, 3.05) is 0 Å². The number of benzene rings is 1. The lowest BCUT2D eigenvalue weighted by Crippen LogP contribution is -1.98. The van der Waals surface area contributed by atoms with Gasteiger partial charge in [0.25, 0.3) is 0 Å². The summed E-state index contributed by atoms with van der Waals surface area (Å²) < 4.78 is 1.80. The first kappa shape index (κ1) is 8.69. The fourth-order valence-corrected chi connectivity index (χ4v) is 1.37. The summed E-state index contributed by atoms with van der Waals surface area (Å²) in [5.41, 5.74) is 2.63. The molecule has 0 fully saturated rings. The Morgan fingerprint density at radius 1 is 1.36 bits per heavy atom. The van der Waals surface area contributed by atoms with Gasteiger partial charge in [-0.3, -0.25) is 4.79 Å². The van der Waals surface area contributed by atoms with Crippen molar-refractivity contribution in [1.29, 1.82) is 0 Å². The van der Waals surface area contributed by atoms with Crippen LogP contribution in [0.15, 0.2) is 36.5 Å². The summed E-state index contributed by atoms with van der Waals surface area (Å²) in [7, 11) is 0. The van der Waals surface area contributed by atoms with E-state index < -0.39 is 0 Å². The SMILES string of the molecule is Cc1ccnn1-c1cccc(C=O)c1. The normalized spacial score (nSPS) is 10.1. The number of carbonyl (C=O) groups is 1. The minimum absolute atomic E-state index is 0.664. The Bertz CT molecular complexity index is 460. The van der Waals surface area contributed by atoms with Gasteiger partial charge in [-0.05, 0) is 25.1 Å². The molecule has 0 aliphatic heterocycles. The van der Waals surface area contributed by atoms with Crippen LogP contribution in [0.2, 0.25) is 0 Å². The number of aryl methyl sites for hydroxylation is 1. The smallest absolute Gasteiger partial charge is 0.150 e. The van der Waals surface area contributed by atoms with Gasteiger partial charge in [0.05, 0.1) is 5.69 Å². The first-order chi connectivity index (χ1) is 6.81. The van der Waals surface area contributed by atoms with Crippen LogP contribution in [0.4, 0.5) is 0 Å². The summed E-state index contributed by atoms with van der Waals surface area (Å²) in [6.07, 6.45) is 2.57. The standard InChI is InChI=1S/C11H10N2O/c1-9-5-6-12-13(9)11-4-2-3-10(7-11)8-14/h2-8H,1H3. The monoisotopic (exact) mass is 186 g/mol. The number of carbonyl (C=O) groups excluding carboxylic acids is 1. The molecule has 1 aromatic carbocycles. The molecule has 0 radical (unpaired) electrons. The van der Waals surface area contributed by atoms with Crippen molar-refractivity contribution in [3.05, 3.63) is 47.8 Å². The molecule has 0 spiro atoms. The van der Waals surface area contributed by atoms with Crippen LogP contribution < -0.4 is 0 Å². The van der Waals surface area contributed by atoms with Gasteiger partial charge >= 0.3 is 0 Å². The minimum atomic E-state index is 0.664. The van der Waals surface area contributed by atoms with Gasteiger partial charge in [-0.1, -0.05) is 12.1 Å². The Morgan fingerprint density at radius 2 is 2.21 bits per heavy atom. The van der Waals surface area contributed by atoms with E-state index in [1.54, 1.807) is 16.9 Å². The fourth-order valence-electron chi connectivity index (χ4n) is 1.37. The van der Waals surface area contributed by atoms with E-state index in [1.165, 1.54) is 0 Å². The maximum Gasteiger partial charge on any atom is 0.150 e. The average Bonchev–Trinajstić information content (AvgIpc) is 2.65. The predicted molar refractivity (Wildman–Crippen MR) is 53.7 cm³/mol. The molecule has 0 saturated carbocycles. The van der Waals surface area contributed by atoms with Crippen molar-refractivity contribution in [1.82, 2.24) is 9.78 Å². The van der Waals surface area contributed by atoms with Gasteiger partial charge in [-0.25, -0.2) is 4.68 Å². The molecule has 0 atom stereocenters. The van der Waals surface area contributed by atoms with E-state index in [2.05, 4.69) is 5.10 Å². The second-order valence-corrected chi connectivity index (χ2v) is 3.10. The number of nitrogens with zero attached hydrogens (tertiary/aromatic N) is 2. The van der Waals surface area contributed by atoms with Crippen molar-refractivity contribution in [2.24, 2.45) is 0 Å². The zero-order valence-electron chi connectivity index (χ0n) is 7.84. The highest BCUT2D eigenvalue weighted by Gasteiger charge is 2.00. The van der Waals surface area contributed by atoms with Crippen LogP contribution in [-0.4, -0.2) is 16.1 Å². The van der Waals surface area contributed by atoms with Crippen molar-refractivity contribution in [3.8, 4) is 5.69 Å². The van der Waals surface area contributed by atoms with Gasteiger partial charge in [-0.15, -0.1) is 0 Å². The second kappa shape index (κ2) is 3.46. The van der Waals surface area contributed by atoms with E-state index in [9.17, 15) is 4.79 Å². The van der Waals surface area contributed by atoms with Crippen molar-refractivity contribution in [3.63, 3.8) is 0 Å². The molecule has 1 heterocycles. The highest BCUT2D eigenvalue weighted by molar-refractivity contribution is 5.75. The molecule has 14 heavy (non-hydrogen) atoms. The van der Waals surface area contributed by atoms with Crippen LogP contribution in [0.1, 0.15) is 16.1 Å². The number of hydrogen-bond acceptors (Lipinski definition) is 2. The molecule has 0 aliphatic rings. The predicted octanol–water partition coefficient (Wildman–Crippen LogP) is 1.99. The third-order valence-corrected chi connectivity index (χ3v) is 2.08. The van der Waals surface area contributed by atoms with Gasteiger partial charge < -0.3 is 0 Å². The van der Waals surface area contributed by atoms with E-state index in [0.29, 0.717) is 5.56 Å². The zero-order chi connectivity index (χ0) is 9.97. The van der Waals surface area contributed by atoms with Gasteiger partial charge in [0.1, 0.15) is 6.29 Å². The number of rotatable bonds is 2. The first-order valence-corrected chi connectivity index (χ1v) is 4.37. The zero-order valence-corrected chi connectivity index (χ0v) is 7.84. The Balaban J connectivity index is 2.52. The van der Waals surface area contributed by atoms with Crippen LogP contribution in [0, 0.1) is 6.92 Å². The molecule has 0 saturated heterocycles. The maximum atomic E-state index is 10.6. The molecule has 0 bridgehead atoms. The maximum absolute atomic E-state index is 10.6. The summed E-state index contributed by atoms with van der Waals surface area (Å²) in [5.74, 6) is 0. The van der Waals surface area contributed by atoms with Crippen LogP contribution in [0.3, 0.4) is 0 Å². The summed E-state index contributed by atoms with van der Waals surface area (Å²) in [4.78, 5) is 10.6. The lowest BCUT2D eigenvalue weighted by Gasteiger charge is -2.03. The quantitative estimate of drug-likeness (QED) is 0.672. The van der Waals surface area contributed by atoms with E-state index in [-0.39, 0.29) is 0 Å². The van der Waals surface area contributed by atoms with Gasteiger partial charge in [0.15, 0.2) is 0 Å². The molecule has 70 valence electrons. The fraction of sp³-hybridized carbons (Fsp3) is 0.0909. The minimum Gasteiger partial charge on any atom is -0.298 e. The third kappa shape index (κ3) is 1.44. The van der Waals surface area contributed by atoms with Gasteiger partial charge in [0.2, 0.25) is 0 Å². The molecular weight excluding hydrogens is 176 g/mol. The lowest BCUT2D eigenvalue weighted by molar-refractivity contribution is 0.112. The Labute approximate surface area is 82.0 Å². The molecule has 0 unspecified atom stereocenters. The Kier molecular flexibility index (Phi) is 2.14. The molecule has 1 aromatic heterocycles. The topological polar surface area (TPSA) is 34.9 Å². The van der Waals surface area contributed by atoms with E-state index in [0.717, 1.165) is 17.7 Å². The molecule has 0 N–H and O–H groups in total. The Hall–Kier alpha value is -1.90. The molecule has 2 rings (SSSR count). The summed E-state index contributed by atoms with van der Waals surface area (Å²) >= 11 is 0. The van der Waals surface area contributed by atoms with Gasteiger partial charge in [-0.2, -0.15) is 5.10 Å². The lowest BCUT2D eigenvalue weighted by atomic mass is 10.2. The highest BCUT2D eigenvalue weighted by Crippen LogP contribution is 2.10. The number of hydrogen-bond donors (Lipinski definition) is 0. The van der Waals surface area contributed by atoms with E-state index in [4.69, 9.17) is 0 Å². The average molecular weight is 186 g/mol. The van der Waals surface area contributed by atoms with E-state index in [1.807, 2.05) is 31.2 Å². The van der Waals surface area contributed by atoms with Crippen molar-refractivity contribution in [2.45, 2.75) is 6.92 Å². The first-order valence-electron chi connectivity index (χ1n) is 4.37. The van der Waals surface area contributed by atoms with Crippen molar-refractivity contribution >= 4 is 6.29 Å². The number of aromatic nitrogens is 2. The molecule has 3 heteroatoms. The van der Waals surface area contributed by atoms with E-state index >= 15 is 0 Å². The summed E-state index contributed by atoms with van der Waals surface area (Å²) in [6, 6.07) is 9.28. The summed E-state index contributed by atoms with van der Waals surface area (Å²) in [6.45, 7) is 1.97. The Morgan fingerprint density at radius 3 is 2.86 bits per heavy atom. The van der Waals surface area contributed by atoms with Crippen LogP contribution >= 0.6 is 0 Å². The third-order valence-electron chi connectivity index (χ3n) is 2.08. The second-order valence-electron chi connectivity index (χ2n) is 3.10. The molecular formula is C11H10N2O. The van der Waals surface area contributed by atoms with Crippen molar-refractivity contribution < 1.29 is 4.79 Å². The van der Waals surface area contributed by atoms with Crippen LogP contribution in [0.5, 0.6) is 0 Å². The molecule has 0 amide bonds. The highest BCUT2D eigenvalue weighted by atomic mass is 16.1. The van der Waals surface area contributed by atoms with Gasteiger partial charge in [0, 0.05) is 17.5 Å². The molecule has 3 nitrogen and oxygen atoms in total. The number of aldehydes is 1. The van der Waals surface area contributed by atoms with Crippen LogP contribution in [-0.2, 0) is 0 Å². The summed E-state index contributed by atoms with van der Waals surface area (Å²) in [5, 5.41) is 4.16. The van der Waals surface area contributed by atoms with Crippen LogP contribution in [0.25, 0.3) is 5.69 Å².